The molecule has 29 heavy (non-hydrogen) atoms. The van der Waals surface area contributed by atoms with Crippen LogP contribution in [0.2, 0.25) is 0 Å². The lowest BCUT2D eigenvalue weighted by Crippen LogP contribution is -1.93. The number of benzene rings is 5. The van der Waals surface area contributed by atoms with Gasteiger partial charge < -0.3 is 0 Å². The molecular formula is C29H22. The van der Waals surface area contributed by atoms with Gasteiger partial charge >= 0.3 is 0 Å². The first-order chi connectivity index (χ1) is 14.4. The highest BCUT2D eigenvalue weighted by Crippen LogP contribution is 2.34. The van der Waals surface area contributed by atoms with Gasteiger partial charge in [-0.15, -0.1) is 0 Å². The Bertz CT molecular complexity index is 1220. The third-order valence-corrected chi connectivity index (χ3v) is 5.54. The lowest BCUT2D eigenvalue weighted by atomic mass is 9.89. The highest BCUT2D eigenvalue weighted by atomic mass is 14.2. The van der Waals surface area contributed by atoms with Crippen molar-refractivity contribution >= 4 is 27.1 Å². The average molecular weight is 370 g/mol. The molecule has 0 heteroatoms. The summed E-state index contributed by atoms with van der Waals surface area (Å²) in [7, 11) is 0. The molecule has 0 atom stereocenters. The third kappa shape index (κ3) is 3.46. The van der Waals surface area contributed by atoms with E-state index in [1.807, 2.05) is 0 Å². The summed E-state index contributed by atoms with van der Waals surface area (Å²) in [6.45, 7) is 0. The van der Waals surface area contributed by atoms with Gasteiger partial charge in [0.2, 0.25) is 0 Å². The first kappa shape index (κ1) is 17.5. The fraction of sp³-hybridized carbons (Fsp3) is 0.0345. The van der Waals surface area contributed by atoms with Gasteiger partial charge in [-0.2, -0.15) is 0 Å². The summed E-state index contributed by atoms with van der Waals surface area (Å²) in [5, 5.41) is 5.14. The zero-order valence-electron chi connectivity index (χ0n) is 16.3. The molecular weight excluding hydrogens is 348 g/mol. The van der Waals surface area contributed by atoms with E-state index < -0.39 is 0 Å². The van der Waals surface area contributed by atoms with Crippen molar-refractivity contribution in [1.82, 2.24) is 0 Å². The Labute approximate surface area is 171 Å². The topological polar surface area (TPSA) is 0 Å². The minimum Gasteiger partial charge on any atom is -0.0716 e. The fourth-order valence-corrected chi connectivity index (χ4v) is 4.12. The van der Waals surface area contributed by atoms with Gasteiger partial charge in [0.25, 0.3) is 0 Å². The van der Waals surface area contributed by atoms with Crippen LogP contribution in [0.3, 0.4) is 0 Å². The van der Waals surface area contributed by atoms with Crippen molar-refractivity contribution in [2.24, 2.45) is 0 Å². The highest BCUT2D eigenvalue weighted by Gasteiger charge is 2.11. The molecule has 0 aliphatic carbocycles. The molecule has 0 nitrogen and oxygen atoms in total. The van der Waals surface area contributed by atoms with Crippen LogP contribution in [0, 0.1) is 0 Å². The second-order valence-electron chi connectivity index (χ2n) is 7.36. The molecule has 0 saturated carbocycles. The van der Waals surface area contributed by atoms with E-state index in [2.05, 4.69) is 121 Å². The van der Waals surface area contributed by atoms with E-state index in [9.17, 15) is 0 Å². The largest absolute Gasteiger partial charge is 0.0716 e. The molecule has 0 radical (unpaired) electrons. The van der Waals surface area contributed by atoms with Gasteiger partial charge in [-0.3, -0.25) is 0 Å². The van der Waals surface area contributed by atoms with Crippen molar-refractivity contribution in [3.8, 4) is 0 Å². The predicted molar refractivity (Wildman–Crippen MR) is 125 cm³/mol. The number of hydrogen-bond donors (Lipinski definition) is 0. The highest BCUT2D eigenvalue weighted by molar-refractivity contribution is 6.03. The van der Waals surface area contributed by atoms with Crippen LogP contribution in [-0.2, 0) is 6.42 Å². The number of hydrogen-bond acceptors (Lipinski definition) is 0. The van der Waals surface area contributed by atoms with Crippen LogP contribution in [0.1, 0.15) is 16.7 Å². The van der Waals surface area contributed by atoms with Crippen molar-refractivity contribution in [2.45, 2.75) is 6.42 Å². The zero-order chi connectivity index (χ0) is 19.5. The van der Waals surface area contributed by atoms with Crippen molar-refractivity contribution in [1.29, 1.82) is 0 Å². The number of fused-ring (bicyclic) bond motifs is 2. The van der Waals surface area contributed by atoms with Gasteiger partial charge in [0.1, 0.15) is 0 Å². The van der Waals surface area contributed by atoms with Crippen LogP contribution < -0.4 is 0 Å². The van der Waals surface area contributed by atoms with Crippen LogP contribution in [0.25, 0.3) is 27.1 Å². The maximum absolute atomic E-state index is 2.39. The SMILES string of the molecule is C(Cc1ccccc1)=C(c1cccc2ccccc12)c1cccc2ccccc12. The van der Waals surface area contributed by atoms with Crippen LogP contribution >= 0.6 is 0 Å². The number of rotatable bonds is 4. The van der Waals surface area contributed by atoms with E-state index in [1.165, 1.54) is 43.8 Å². The number of allylic oxidation sites excluding steroid dienone is 1. The summed E-state index contributed by atoms with van der Waals surface area (Å²) in [6, 6.07) is 41.2. The molecule has 0 N–H and O–H groups in total. The van der Waals surface area contributed by atoms with Gasteiger partial charge in [-0.05, 0) is 50.2 Å². The summed E-state index contributed by atoms with van der Waals surface area (Å²) < 4.78 is 0. The molecule has 5 aromatic carbocycles. The van der Waals surface area contributed by atoms with Gasteiger partial charge in [0, 0.05) is 0 Å². The Hall–Kier alpha value is -3.64. The summed E-state index contributed by atoms with van der Waals surface area (Å²) in [5.74, 6) is 0. The Kier molecular flexibility index (Phi) is 4.68. The summed E-state index contributed by atoms with van der Waals surface area (Å²) in [4.78, 5) is 0. The first-order valence-corrected chi connectivity index (χ1v) is 10.1. The molecule has 138 valence electrons. The maximum Gasteiger partial charge on any atom is -0.00880 e. The quantitative estimate of drug-likeness (QED) is 0.304. The van der Waals surface area contributed by atoms with E-state index in [1.54, 1.807) is 0 Å². The van der Waals surface area contributed by atoms with Crippen LogP contribution in [0.4, 0.5) is 0 Å². The van der Waals surface area contributed by atoms with E-state index in [0.29, 0.717) is 0 Å². The molecule has 5 rings (SSSR count). The smallest absolute Gasteiger partial charge is 0.00880 e. The van der Waals surface area contributed by atoms with E-state index in [-0.39, 0.29) is 0 Å². The van der Waals surface area contributed by atoms with Crippen LogP contribution in [0.15, 0.2) is 121 Å². The molecule has 0 heterocycles. The second kappa shape index (κ2) is 7.77. The molecule has 0 fully saturated rings. The Balaban J connectivity index is 1.75. The lowest BCUT2D eigenvalue weighted by molar-refractivity contribution is 1.27. The molecule has 0 aliphatic rings. The maximum atomic E-state index is 2.39. The van der Waals surface area contributed by atoms with Gasteiger partial charge in [-0.1, -0.05) is 121 Å². The third-order valence-electron chi connectivity index (χ3n) is 5.54. The molecule has 0 aliphatic heterocycles. The fourth-order valence-electron chi connectivity index (χ4n) is 4.12. The molecule has 0 bridgehead atoms. The molecule has 0 unspecified atom stereocenters. The monoisotopic (exact) mass is 370 g/mol. The van der Waals surface area contributed by atoms with E-state index in [0.717, 1.165) is 6.42 Å². The van der Waals surface area contributed by atoms with E-state index >= 15 is 0 Å². The van der Waals surface area contributed by atoms with Crippen LogP contribution in [-0.4, -0.2) is 0 Å². The van der Waals surface area contributed by atoms with Gasteiger partial charge in [-0.25, -0.2) is 0 Å². The summed E-state index contributed by atoms with van der Waals surface area (Å²) in [5.41, 5.74) is 5.19. The van der Waals surface area contributed by atoms with Gasteiger partial charge in [0.05, 0.1) is 0 Å². The average Bonchev–Trinajstić information content (AvgIpc) is 2.80. The summed E-state index contributed by atoms with van der Waals surface area (Å²) >= 11 is 0. The molecule has 0 saturated heterocycles. The predicted octanol–water partition coefficient (Wildman–Crippen LogP) is 7.67. The molecule has 0 aromatic heterocycles. The first-order valence-electron chi connectivity index (χ1n) is 10.1. The molecule has 5 aromatic rings. The molecule has 0 spiro atoms. The standard InChI is InChI=1S/C29H22/c1-2-10-22(11-3-1)20-21-29(27-18-8-14-23-12-4-6-16-25(23)27)28-19-9-15-24-13-5-7-17-26(24)28/h1-19,21H,20H2. The van der Waals surface area contributed by atoms with Crippen molar-refractivity contribution in [2.75, 3.05) is 0 Å². The minimum absolute atomic E-state index is 0.905. The van der Waals surface area contributed by atoms with E-state index in [4.69, 9.17) is 0 Å². The molecule has 0 amide bonds. The van der Waals surface area contributed by atoms with Crippen molar-refractivity contribution in [3.63, 3.8) is 0 Å². The Morgan fingerprint density at radius 2 is 0.966 bits per heavy atom. The van der Waals surface area contributed by atoms with Crippen LogP contribution in [0.5, 0.6) is 0 Å². The zero-order valence-corrected chi connectivity index (χ0v) is 16.3. The normalized spacial score (nSPS) is 10.9. The minimum atomic E-state index is 0.905. The van der Waals surface area contributed by atoms with Crippen molar-refractivity contribution in [3.05, 3.63) is 138 Å². The Morgan fingerprint density at radius 1 is 0.483 bits per heavy atom. The lowest BCUT2D eigenvalue weighted by Gasteiger charge is -2.15. The van der Waals surface area contributed by atoms with Gasteiger partial charge in [0.15, 0.2) is 0 Å². The van der Waals surface area contributed by atoms with Crippen molar-refractivity contribution < 1.29 is 0 Å². The summed E-state index contributed by atoms with van der Waals surface area (Å²) in [6.07, 6.45) is 3.29. The second-order valence-corrected chi connectivity index (χ2v) is 7.36. The Morgan fingerprint density at radius 3 is 1.55 bits per heavy atom.